The first-order chi connectivity index (χ1) is 24.5. The lowest BCUT2D eigenvalue weighted by atomic mass is 9.77. The lowest BCUT2D eigenvalue weighted by Crippen LogP contribution is -2.53. The van der Waals surface area contributed by atoms with Gasteiger partial charge in [-0.1, -0.05) is 80.5 Å². The number of benzene rings is 2. The molecular formula is C41H53FN4O5. The third kappa shape index (κ3) is 11.0. The molecule has 0 aliphatic carbocycles. The number of likely N-dealkylation sites (tertiary alicyclic amines) is 1. The van der Waals surface area contributed by atoms with Crippen molar-refractivity contribution in [1.29, 1.82) is 0 Å². The number of aliphatic carboxylic acids is 2. The first-order valence-electron chi connectivity index (χ1n) is 18.2. The van der Waals surface area contributed by atoms with Crippen molar-refractivity contribution in [2.45, 2.75) is 103 Å². The molecule has 2 heterocycles. The van der Waals surface area contributed by atoms with E-state index >= 15 is 0 Å². The molecule has 2 aromatic rings. The number of nitrogens with one attached hydrogen (secondary N) is 1. The summed E-state index contributed by atoms with van der Waals surface area (Å²) >= 11 is 0. The molecule has 0 bridgehead atoms. The Morgan fingerprint density at radius 2 is 1.69 bits per heavy atom. The average Bonchev–Trinajstić information content (AvgIpc) is 3.52. The second-order valence-corrected chi connectivity index (χ2v) is 13.8. The van der Waals surface area contributed by atoms with Gasteiger partial charge in [0.1, 0.15) is 12.0 Å². The van der Waals surface area contributed by atoms with E-state index in [0.29, 0.717) is 12.8 Å². The van der Waals surface area contributed by atoms with E-state index in [9.17, 15) is 29.0 Å². The van der Waals surface area contributed by atoms with E-state index < -0.39 is 17.9 Å². The predicted octanol–water partition coefficient (Wildman–Crippen LogP) is 8.18. The highest BCUT2D eigenvalue weighted by Gasteiger charge is 2.48. The van der Waals surface area contributed by atoms with Gasteiger partial charge in [-0.15, -0.1) is 0 Å². The summed E-state index contributed by atoms with van der Waals surface area (Å²) < 4.78 is 13.5. The van der Waals surface area contributed by atoms with Gasteiger partial charge in [0.2, 0.25) is 5.91 Å². The van der Waals surface area contributed by atoms with Gasteiger partial charge in [0.15, 0.2) is 5.92 Å². The largest absolute Gasteiger partial charge is 0.481 e. The molecule has 1 saturated heterocycles. The Bertz CT molecular complexity index is 1570. The van der Waals surface area contributed by atoms with Crippen LogP contribution in [0.5, 0.6) is 0 Å². The number of aryl methyl sites for hydroxylation is 1. The SMILES string of the molecule is C=C(/C=C\C(=C/C)N1C(=O)[C@H](CCCC(C)c2ccc(F)cc2)[C@H]1c1ccc(CCCC(C(=O)O)C(=O)O)cc1)CCCCCN1NC=NC1C. The third-order valence-electron chi connectivity index (χ3n) is 10.1. The minimum atomic E-state index is -1.41. The summed E-state index contributed by atoms with van der Waals surface area (Å²) in [6, 6.07) is 14.5. The number of aliphatic imine (C=N–C) groups is 1. The maximum atomic E-state index is 13.8. The number of hydrazine groups is 1. The van der Waals surface area contributed by atoms with Crippen molar-refractivity contribution in [1.82, 2.24) is 15.3 Å². The Hall–Kier alpha value is -4.57. The van der Waals surface area contributed by atoms with Crippen LogP contribution >= 0.6 is 0 Å². The number of carboxylic acid groups (broad SMARTS) is 2. The number of unbranched alkanes of at least 4 members (excludes halogenated alkanes) is 2. The molecule has 0 aromatic heterocycles. The normalized spacial score (nSPS) is 19.8. The fourth-order valence-corrected chi connectivity index (χ4v) is 6.91. The standard InChI is InChI=1S/C41H53FN4O5/c1-5-35(25-16-28(2)11-7-6-8-26-45-30(4)43-27-44-45)46-38(33-19-17-31(18-20-33)13-10-15-37(40(48)49)41(50)51)36(39(46)47)14-9-12-29(3)32-21-23-34(42)24-22-32/h5,16-25,27,29-30,36-38H,2,6-15,26H2,1,3-4H3,(H,43,44)(H,48,49)(H,50,51)/b25-16-,35-5+/t29?,30?,36-,38-/m1/s1. The lowest BCUT2D eigenvalue weighted by molar-refractivity contribution is -0.155. The molecule has 0 spiro atoms. The number of halogens is 1. The number of nitrogens with zero attached hydrogens (tertiary/aromatic N) is 3. The molecule has 1 amide bonds. The van der Waals surface area contributed by atoms with Crippen molar-refractivity contribution in [2.75, 3.05) is 6.54 Å². The molecule has 1 fully saturated rings. The fourth-order valence-electron chi connectivity index (χ4n) is 6.91. The number of hydrogen-bond acceptors (Lipinski definition) is 6. The van der Waals surface area contributed by atoms with Gasteiger partial charge >= 0.3 is 11.9 Å². The second kappa shape index (κ2) is 19.2. The molecule has 10 heteroatoms. The van der Waals surface area contributed by atoms with Gasteiger partial charge in [0, 0.05) is 12.2 Å². The highest BCUT2D eigenvalue weighted by atomic mass is 19.1. The van der Waals surface area contributed by atoms with Crippen LogP contribution in [0.3, 0.4) is 0 Å². The topological polar surface area (TPSA) is 123 Å². The van der Waals surface area contributed by atoms with Crippen LogP contribution in [-0.2, 0) is 20.8 Å². The van der Waals surface area contributed by atoms with E-state index in [2.05, 4.69) is 35.9 Å². The predicted molar refractivity (Wildman–Crippen MR) is 198 cm³/mol. The first kappa shape index (κ1) is 39.2. The minimum absolute atomic E-state index is 0.0583. The molecule has 4 atom stereocenters. The van der Waals surface area contributed by atoms with E-state index in [1.807, 2.05) is 66.4 Å². The van der Waals surface area contributed by atoms with Gasteiger partial charge in [0.05, 0.1) is 18.3 Å². The maximum absolute atomic E-state index is 13.8. The zero-order valence-electron chi connectivity index (χ0n) is 30.1. The summed E-state index contributed by atoms with van der Waals surface area (Å²) in [5.41, 5.74) is 8.08. The first-order valence-corrected chi connectivity index (χ1v) is 18.2. The van der Waals surface area contributed by atoms with Gasteiger partial charge in [-0.2, -0.15) is 5.01 Å². The van der Waals surface area contributed by atoms with Crippen molar-refractivity contribution in [2.24, 2.45) is 16.8 Å². The third-order valence-corrected chi connectivity index (χ3v) is 10.1. The number of carbonyl (C=O) groups is 3. The van der Waals surface area contributed by atoms with Gasteiger partial charge in [-0.25, -0.2) is 4.39 Å². The van der Waals surface area contributed by atoms with E-state index in [1.165, 1.54) is 12.1 Å². The van der Waals surface area contributed by atoms with E-state index in [4.69, 9.17) is 0 Å². The number of amides is 1. The number of β-lactam (4-membered cyclic amide) rings is 1. The van der Waals surface area contributed by atoms with Crippen LogP contribution in [0.4, 0.5) is 4.39 Å². The highest BCUT2D eigenvalue weighted by molar-refractivity contribution is 5.92. The minimum Gasteiger partial charge on any atom is -0.481 e. The molecular weight excluding hydrogens is 647 g/mol. The number of rotatable bonds is 21. The molecule has 2 aliphatic heterocycles. The van der Waals surface area contributed by atoms with Crippen molar-refractivity contribution in [3.63, 3.8) is 0 Å². The van der Waals surface area contributed by atoms with Crippen molar-refractivity contribution >= 4 is 24.2 Å². The Morgan fingerprint density at radius 3 is 2.31 bits per heavy atom. The maximum Gasteiger partial charge on any atom is 0.317 e. The molecule has 0 saturated carbocycles. The second-order valence-electron chi connectivity index (χ2n) is 13.8. The summed E-state index contributed by atoms with van der Waals surface area (Å²) in [5, 5.41) is 20.5. The van der Waals surface area contributed by atoms with Crippen LogP contribution in [0.2, 0.25) is 0 Å². The molecule has 2 aliphatic rings. The molecule has 4 rings (SSSR count). The lowest BCUT2D eigenvalue weighted by Gasteiger charge is -2.48. The van der Waals surface area contributed by atoms with E-state index in [0.717, 1.165) is 79.5 Å². The average molecular weight is 701 g/mol. The summed E-state index contributed by atoms with van der Waals surface area (Å²) in [6.07, 6.45) is 15.4. The van der Waals surface area contributed by atoms with Crippen LogP contribution in [0.1, 0.15) is 107 Å². The van der Waals surface area contributed by atoms with Crippen LogP contribution < -0.4 is 5.43 Å². The molecule has 3 N–H and O–H groups in total. The summed E-state index contributed by atoms with van der Waals surface area (Å²) in [4.78, 5) is 42.5. The Balaban J connectivity index is 1.39. The summed E-state index contributed by atoms with van der Waals surface area (Å²) in [7, 11) is 0. The Labute approximate surface area is 301 Å². The van der Waals surface area contributed by atoms with Crippen LogP contribution in [-0.4, -0.2) is 57.0 Å². The molecule has 51 heavy (non-hydrogen) atoms. The number of allylic oxidation sites excluding steroid dienone is 4. The van der Waals surface area contributed by atoms with Gasteiger partial charge < -0.3 is 20.5 Å². The summed E-state index contributed by atoms with van der Waals surface area (Å²) in [5.74, 6) is -4.16. The van der Waals surface area contributed by atoms with Crippen molar-refractivity contribution in [3.05, 3.63) is 107 Å². The molecule has 9 nitrogen and oxygen atoms in total. The fraction of sp³-hybridized carbons (Fsp3) is 0.463. The Kier molecular flexibility index (Phi) is 14.7. The van der Waals surface area contributed by atoms with Crippen LogP contribution in [0.15, 0.2) is 89.6 Å². The molecule has 2 aromatic carbocycles. The number of hydrogen-bond donors (Lipinski definition) is 3. The quantitative estimate of drug-likeness (QED) is 0.0520. The molecule has 2 unspecified atom stereocenters. The van der Waals surface area contributed by atoms with Gasteiger partial charge in [-0.05, 0) is 106 Å². The number of carbonyl (C=O) groups excluding carboxylic acids is 1. The van der Waals surface area contributed by atoms with Gasteiger partial charge in [0.25, 0.3) is 0 Å². The highest BCUT2D eigenvalue weighted by Crippen LogP contribution is 2.46. The monoisotopic (exact) mass is 700 g/mol. The van der Waals surface area contributed by atoms with Gasteiger partial charge in [-0.3, -0.25) is 19.4 Å². The van der Waals surface area contributed by atoms with E-state index in [-0.39, 0.29) is 42.2 Å². The van der Waals surface area contributed by atoms with Crippen LogP contribution in [0.25, 0.3) is 0 Å². The zero-order valence-corrected chi connectivity index (χ0v) is 30.1. The molecule has 0 radical (unpaired) electrons. The zero-order chi connectivity index (χ0) is 36.9. The van der Waals surface area contributed by atoms with Crippen LogP contribution in [0, 0.1) is 17.7 Å². The Morgan fingerprint density at radius 1 is 0.980 bits per heavy atom. The van der Waals surface area contributed by atoms with Crippen molar-refractivity contribution in [3.8, 4) is 0 Å². The van der Waals surface area contributed by atoms with Crippen molar-refractivity contribution < 1.29 is 29.0 Å². The number of carboxylic acids is 2. The smallest absolute Gasteiger partial charge is 0.317 e. The summed E-state index contributed by atoms with van der Waals surface area (Å²) in [6.45, 7) is 11.3. The van der Waals surface area contributed by atoms with E-state index in [1.54, 1.807) is 6.34 Å². The molecule has 274 valence electrons.